The van der Waals surface area contributed by atoms with E-state index in [1.54, 1.807) is 12.1 Å². The fourth-order valence-electron chi connectivity index (χ4n) is 1.93. The quantitative estimate of drug-likeness (QED) is 0.799. The normalized spacial score (nSPS) is 10.4. The lowest BCUT2D eigenvalue weighted by atomic mass is 9.98. The van der Waals surface area contributed by atoms with Crippen LogP contribution < -0.4 is 0 Å². The fraction of sp³-hybridized carbons (Fsp3) is 0.200. The predicted molar refractivity (Wildman–Crippen MR) is 67.7 cm³/mol. The molecule has 0 atom stereocenters. The summed E-state index contributed by atoms with van der Waals surface area (Å²) in [5, 5.41) is 9.39. The van der Waals surface area contributed by atoms with Crippen LogP contribution in [0.5, 0.6) is 5.75 Å². The minimum atomic E-state index is 0.327. The van der Waals surface area contributed by atoms with E-state index in [-0.39, 0.29) is 0 Å². The average Bonchev–Trinajstić information content (AvgIpc) is 2.29. The van der Waals surface area contributed by atoms with Gasteiger partial charge in [-0.2, -0.15) is 0 Å². The lowest BCUT2D eigenvalue weighted by Crippen LogP contribution is -1.85. The zero-order valence-electron chi connectivity index (χ0n) is 9.70. The first kappa shape index (κ1) is 10.7. The molecule has 1 nitrogen and oxygen atoms in total. The molecule has 0 amide bonds. The van der Waals surface area contributed by atoms with E-state index < -0.39 is 0 Å². The molecule has 2 aromatic rings. The Balaban J connectivity index is 2.49. The maximum absolute atomic E-state index is 9.39. The molecule has 0 saturated carbocycles. The molecule has 0 spiro atoms. The number of phenols is 1. The van der Waals surface area contributed by atoms with Crippen LogP contribution in [-0.2, 0) is 6.42 Å². The van der Waals surface area contributed by atoms with E-state index in [9.17, 15) is 5.11 Å². The molecule has 0 aliphatic carbocycles. The molecule has 0 aliphatic heterocycles. The van der Waals surface area contributed by atoms with Gasteiger partial charge in [0, 0.05) is 0 Å². The van der Waals surface area contributed by atoms with Crippen LogP contribution in [0.1, 0.15) is 18.1 Å². The van der Waals surface area contributed by atoms with Gasteiger partial charge < -0.3 is 5.11 Å². The van der Waals surface area contributed by atoms with Gasteiger partial charge in [-0.3, -0.25) is 0 Å². The monoisotopic (exact) mass is 212 g/mol. The minimum Gasteiger partial charge on any atom is -0.508 e. The third-order valence-electron chi connectivity index (χ3n) is 2.86. The molecule has 0 aliphatic rings. The van der Waals surface area contributed by atoms with Crippen LogP contribution in [0.3, 0.4) is 0 Å². The molecule has 1 N–H and O–H groups in total. The third-order valence-corrected chi connectivity index (χ3v) is 2.86. The lowest BCUT2D eigenvalue weighted by Gasteiger charge is -2.08. The van der Waals surface area contributed by atoms with Crippen molar-refractivity contribution in [3.05, 3.63) is 53.6 Å². The van der Waals surface area contributed by atoms with E-state index in [1.807, 2.05) is 13.0 Å². The zero-order valence-corrected chi connectivity index (χ0v) is 9.70. The number of benzene rings is 2. The molecule has 0 bridgehead atoms. The number of hydrogen-bond donors (Lipinski definition) is 1. The Morgan fingerprint density at radius 3 is 2.56 bits per heavy atom. The second-order valence-corrected chi connectivity index (χ2v) is 4.05. The predicted octanol–water partition coefficient (Wildman–Crippen LogP) is 3.93. The van der Waals surface area contributed by atoms with Gasteiger partial charge in [-0.15, -0.1) is 0 Å². The molecule has 0 saturated heterocycles. The molecule has 0 fully saturated rings. The van der Waals surface area contributed by atoms with Gasteiger partial charge in [0.1, 0.15) is 5.75 Å². The molecule has 2 aromatic carbocycles. The molecule has 16 heavy (non-hydrogen) atoms. The van der Waals surface area contributed by atoms with Crippen LogP contribution in [0.2, 0.25) is 0 Å². The number of rotatable bonds is 2. The van der Waals surface area contributed by atoms with Crippen LogP contribution in [0.4, 0.5) is 0 Å². The topological polar surface area (TPSA) is 20.2 Å². The number of hydrogen-bond acceptors (Lipinski definition) is 1. The zero-order chi connectivity index (χ0) is 11.5. The molecule has 82 valence electrons. The highest BCUT2D eigenvalue weighted by Gasteiger charge is 2.03. The summed E-state index contributed by atoms with van der Waals surface area (Å²) in [5.41, 5.74) is 4.85. The Bertz CT molecular complexity index is 501. The van der Waals surface area contributed by atoms with E-state index >= 15 is 0 Å². The minimum absolute atomic E-state index is 0.327. The van der Waals surface area contributed by atoms with Crippen LogP contribution in [0.25, 0.3) is 11.1 Å². The Morgan fingerprint density at radius 2 is 1.88 bits per heavy atom. The smallest absolute Gasteiger partial charge is 0.115 e. The van der Waals surface area contributed by atoms with Gasteiger partial charge in [0.25, 0.3) is 0 Å². The molecular formula is C15H16O. The SMILES string of the molecule is CCc1cccc(-c2ccc(O)cc2C)c1. The van der Waals surface area contributed by atoms with Gasteiger partial charge >= 0.3 is 0 Å². The van der Waals surface area contributed by atoms with Crippen molar-refractivity contribution in [1.29, 1.82) is 0 Å². The van der Waals surface area contributed by atoms with Crippen molar-refractivity contribution >= 4 is 0 Å². The fourth-order valence-corrected chi connectivity index (χ4v) is 1.93. The molecule has 0 radical (unpaired) electrons. The summed E-state index contributed by atoms with van der Waals surface area (Å²) in [6.07, 6.45) is 1.05. The molecule has 0 aromatic heterocycles. The number of aromatic hydroxyl groups is 1. The summed E-state index contributed by atoms with van der Waals surface area (Å²) in [7, 11) is 0. The summed E-state index contributed by atoms with van der Waals surface area (Å²) >= 11 is 0. The van der Waals surface area contributed by atoms with Crippen LogP contribution >= 0.6 is 0 Å². The lowest BCUT2D eigenvalue weighted by molar-refractivity contribution is 0.475. The molecule has 0 unspecified atom stereocenters. The van der Waals surface area contributed by atoms with E-state index in [0.29, 0.717) is 5.75 Å². The molecule has 0 heterocycles. The first-order chi connectivity index (χ1) is 7.70. The van der Waals surface area contributed by atoms with Crippen molar-refractivity contribution in [2.75, 3.05) is 0 Å². The van der Waals surface area contributed by atoms with Crippen molar-refractivity contribution in [1.82, 2.24) is 0 Å². The Hall–Kier alpha value is -1.76. The van der Waals surface area contributed by atoms with E-state index in [4.69, 9.17) is 0 Å². The van der Waals surface area contributed by atoms with Gasteiger partial charge in [-0.25, -0.2) is 0 Å². The first-order valence-electron chi connectivity index (χ1n) is 5.59. The van der Waals surface area contributed by atoms with Crippen LogP contribution in [0, 0.1) is 6.92 Å². The summed E-state index contributed by atoms with van der Waals surface area (Å²) in [6.45, 7) is 4.18. The van der Waals surface area contributed by atoms with Crippen LogP contribution in [0.15, 0.2) is 42.5 Å². The van der Waals surface area contributed by atoms with Crippen molar-refractivity contribution in [2.45, 2.75) is 20.3 Å². The average molecular weight is 212 g/mol. The Kier molecular flexibility index (Phi) is 2.95. The van der Waals surface area contributed by atoms with Crippen molar-refractivity contribution in [3.63, 3.8) is 0 Å². The molecule has 1 heteroatoms. The second-order valence-electron chi connectivity index (χ2n) is 4.05. The van der Waals surface area contributed by atoms with E-state index in [2.05, 4.69) is 31.2 Å². The highest BCUT2D eigenvalue weighted by atomic mass is 16.3. The maximum atomic E-state index is 9.39. The van der Waals surface area contributed by atoms with E-state index in [0.717, 1.165) is 12.0 Å². The van der Waals surface area contributed by atoms with Crippen molar-refractivity contribution in [3.8, 4) is 16.9 Å². The highest BCUT2D eigenvalue weighted by molar-refractivity contribution is 5.68. The summed E-state index contributed by atoms with van der Waals surface area (Å²) in [6, 6.07) is 14.0. The van der Waals surface area contributed by atoms with Gasteiger partial charge in [0.15, 0.2) is 0 Å². The van der Waals surface area contributed by atoms with Gasteiger partial charge in [0.05, 0.1) is 0 Å². The van der Waals surface area contributed by atoms with Gasteiger partial charge in [0.2, 0.25) is 0 Å². The van der Waals surface area contributed by atoms with Crippen LogP contribution in [-0.4, -0.2) is 5.11 Å². The van der Waals surface area contributed by atoms with Gasteiger partial charge in [-0.1, -0.05) is 37.3 Å². The largest absolute Gasteiger partial charge is 0.508 e. The standard InChI is InChI=1S/C15H16O/c1-3-12-5-4-6-13(10-12)15-8-7-14(16)9-11(15)2/h4-10,16H,3H2,1-2H3. The highest BCUT2D eigenvalue weighted by Crippen LogP contribution is 2.26. The van der Waals surface area contributed by atoms with Crippen molar-refractivity contribution in [2.24, 2.45) is 0 Å². The molecular weight excluding hydrogens is 196 g/mol. The number of aryl methyl sites for hydroxylation is 2. The summed E-state index contributed by atoms with van der Waals surface area (Å²) in [5.74, 6) is 0.327. The third kappa shape index (κ3) is 2.08. The maximum Gasteiger partial charge on any atom is 0.115 e. The molecule has 2 rings (SSSR count). The summed E-state index contributed by atoms with van der Waals surface area (Å²) < 4.78 is 0. The number of phenolic OH excluding ortho intramolecular Hbond substituents is 1. The summed E-state index contributed by atoms with van der Waals surface area (Å²) in [4.78, 5) is 0. The van der Waals surface area contributed by atoms with Crippen molar-refractivity contribution < 1.29 is 5.11 Å². The van der Waals surface area contributed by atoms with E-state index in [1.165, 1.54) is 16.7 Å². The van der Waals surface area contributed by atoms with Gasteiger partial charge in [-0.05, 0) is 47.7 Å². The first-order valence-corrected chi connectivity index (χ1v) is 5.59. The second kappa shape index (κ2) is 4.40. The Labute approximate surface area is 96.4 Å². The Morgan fingerprint density at radius 1 is 1.06 bits per heavy atom.